The van der Waals surface area contributed by atoms with E-state index in [9.17, 15) is 0 Å². The molecule has 8 heteroatoms. The van der Waals surface area contributed by atoms with E-state index >= 15 is 8.78 Å². The molecule has 4 nitrogen and oxygen atoms in total. The Balaban J connectivity index is 1.15. The fourth-order valence-electron chi connectivity index (χ4n) is 17.1. The smallest absolute Gasteiger partial charge is 0.0654 e. The molecule has 518 valence electrons. The third kappa shape index (κ3) is 23.5. The van der Waals surface area contributed by atoms with E-state index in [1.807, 2.05) is 0 Å². The first-order chi connectivity index (χ1) is 45.5. The molecule has 2 aliphatic carbocycles. The van der Waals surface area contributed by atoms with Crippen molar-refractivity contribution in [1.82, 2.24) is 15.9 Å². The Hall–Kier alpha value is -2.24. The van der Waals surface area contributed by atoms with Crippen LogP contribution in [0.3, 0.4) is 0 Å². The van der Waals surface area contributed by atoms with Gasteiger partial charge in [-0.25, -0.2) is 0 Å². The standard InChI is InChI=1S/C84H136F2N4Se2/c1-5-9-13-17-21-25-29-33-37-41-45-49-53-57-65-83(66-58-54-50-46-42-38-34-30-26-22-18-14-10-6-2)69-61-63-71-81(89-91-87-71)73(69)75-77(83)79(85)76-74-70(62-64-72-82(74)90-92-88-72)84(78(76)80(75)86,67-59-55-51-47-43-39-35-31-27-23-19-15-11-7-3)68-60-56-52-48-44-40-36-32-28-24-20-16-12-8-4/h61-64H,5-60,65-68H2,1-4H3. The number of unbranched alkanes of at least 4 members (excludes halogenated alkanes) is 52. The number of nitrogens with zero attached hydrogens (tertiary/aromatic N) is 4. The summed E-state index contributed by atoms with van der Waals surface area (Å²) in [6, 6.07) is 8.91. The molecule has 0 amide bonds. The molecule has 7 rings (SSSR count). The molecule has 0 spiro atoms. The Kier molecular flexibility index (Phi) is 38.6. The monoisotopic (exact) mass is 1400 g/mol. The van der Waals surface area contributed by atoms with Crippen LogP contribution in [0.1, 0.15) is 435 Å². The zero-order chi connectivity index (χ0) is 64.6. The van der Waals surface area contributed by atoms with Crippen LogP contribution >= 0.6 is 0 Å². The van der Waals surface area contributed by atoms with Crippen LogP contribution in [0, 0.1) is 11.6 Å². The molecule has 0 atom stereocenters. The van der Waals surface area contributed by atoms with Crippen molar-refractivity contribution in [1.29, 1.82) is 0 Å². The van der Waals surface area contributed by atoms with Crippen LogP contribution in [0.4, 0.5) is 8.78 Å². The van der Waals surface area contributed by atoms with Gasteiger partial charge in [0.1, 0.15) is 0 Å². The van der Waals surface area contributed by atoms with Crippen molar-refractivity contribution in [3.8, 4) is 22.3 Å². The van der Waals surface area contributed by atoms with E-state index in [-0.39, 0.29) is 41.6 Å². The van der Waals surface area contributed by atoms with E-state index in [0.29, 0.717) is 22.3 Å². The van der Waals surface area contributed by atoms with Crippen molar-refractivity contribution in [2.75, 3.05) is 0 Å². The second kappa shape index (κ2) is 46.1. The van der Waals surface area contributed by atoms with Crippen molar-refractivity contribution >= 4 is 52.0 Å². The maximum atomic E-state index is 19.9. The molecule has 0 saturated heterocycles. The second-order valence-corrected chi connectivity index (χ2v) is 32.1. The molecule has 0 unspecified atom stereocenters. The number of halogens is 2. The van der Waals surface area contributed by atoms with Crippen molar-refractivity contribution in [2.45, 2.75) is 424 Å². The minimum atomic E-state index is -0.642. The van der Waals surface area contributed by atoms with E-state index in [1.165, 1.54) is 308 Å². The van der Waals surface area contributed by atoms with E-state index in [1.54, 1.807) is 0 Å². The molecule has 2 heterocycles. The molecule has 0 fully saturated rings. The third-order valence-corrected chi connectivity index (χ3v) is 24.8. The first kappa shape index (κ1) is 77.1. The normalized spacial score (nSPS) is 13.7. The van der Waals surface area contributed by atoms with Crippen LogP contribution in [0.15, 0.2) is 24.3 Å². The fourth-order valence-corrected chi connectivity index (χ4v) is 19.4. The van der Waals surface area contributed by atoms with Crippen molar-refractivity contribution in [2.24, 2.45) is 0 Å². The van der Waals surface area contributed by atoms with Gasteiger partial charge in [-0.3, -0.25) is 0 Å². The van der Waals surface area contributed by atoms with Gasteiger partial charge in [-0.1, -0.05) is 233 Å². The second-order valence-electron chi connectivity index (χ2n) is 29.9. The Bertz CT molecular complexity index is 2480. The molecule has 5 aromatic rings. The van der Waals surface area contributed by atoms with Gasteiger partial charge in [-0.05, 0) is 0 Å². The van der Waals surface area contributed by atoms with Crippen molar-refractivity contribution < 1.29 is 8.78 Å². The summed E-state index contributed by atoms with van der Waals surface area (Å²) in [7, 11) is 0. The van der Waals surface area contributed by atoms with Gasteiger partial charge in [0, 0.05) is 0 Å². The maximum absolute atomic E-state index is 19.9. The summed E-state index contributed by atoms with van der Waals surface area (Å²) in [5.74, 6) is -0.295. The quantitative estimate of drug-likeness (QED) is 0.0288. The van der Waals surface area contributed by atoms with Gasteiger partial charge >= 0.3 is 348 Å². The summed E-state index contributed by atoms with van der Waals surface area (Å²) in [6.45, 7) is 9.22. The van der Waals surface area contributed by atoms with Gasteiger partial charge in [0.05, 0.1) is 0 Å². The predicted molar refractivity (Wildman–Crippen MR) is 399 cm³/mol. The van der Waals surface area contributed by atoms with Crippen molar-refractivity contribution in [3.63, 3.8) is 0 Å². The van der Waals surface area contributed by atoms with Crippen molar-refractivity contribution in [3.05, 3.63) is 58.2 Å². The molecule has 0 bridgehead atoms. The van der Waals surface area contributed by atoms with E-state index in [2.05, 4.69) is 52.0 Å². The first-order valence-electron chi connectivity index (χ1n) is 40.6. The zero-order valence-corrected chi connectivity index (χ0v) is 63.5. The van der Waals surface area contributed by atoms with Crippen LogP contribution < -0.4 is 0 Å². The third-order valence-electron chi connectivity index (χ3n) is 22.6. The molecular formula is C84H136F2N4Se2. The number of aromatic nitrogens is 4. The molecule has 2 aliphatic rings. The van der Waals surface area contributed by atoms with E-state index in [4.69, 9.17) is 15.9 Å². The van der Waals surface area contributed by atoms with Gasteiger partial charge in [-0.15, -0.1) is 0 Å². The Morgan fingerprint density at radius 3 is 0.652 bits per heavy atom. The molecule has 0 radical (unpaired) electrons. The van der Waals surface area contributed by atoms with Crippen LogP contribution in [0.5, 0.6) is 0 Å². The number of benzene rings is 3. The summed E-state index contributed by atoms with van der Waals surface area (Å²) in [6.07, 6.45) is 76.4. The minimum absolute atomic E-state index is 0.148. The summed E-state index contributed by atoms with van der Waals surface area (Å²) in [5, 5.41) is 0. The summed E-state index contributed by atoms with van der Waals surface area (Å²) < 4.78 is 60.0. The SMILES string of the molecule is CCCCCCCCCCCCCCCCC1(CCCCCCCCCCCCCCCC)c2ccc3n[se]nc3c2-c2c(F)c3c(c(F)c21)-c1c(ccc2n[se]nc12)C3(CCCCCCCCCCCCCCCC)CCCCCCCCCCCCCCCC. The predicted octanol–water partition coefficient (Wildman–Crippen LogP) is 28.0. The molecule has 0 aliphatic heterocycles. The topological polar surface area (TPSA) is 51.6 Å². The van der Waals surface area contributed by atoms with Gasteiger partial charge in [-0.2, -0.15) is 0 Å². The number of fused-ring (bicyclic) bond motifs is 10. The van der Waals surface area contributed by atoms with Gasteiger partial charge < -0.3 is 0 Å². The number of hydrogen-bond donors (Lipinski definition) is 0. The molecule has 2 aromatic heterocycles. The van der Waals surface area contributed by atoms with Gasteiger partial charge in [0.2, 0.25) is 0 Å². The minimum Gasteiger partial charge on any atom is -0.0654 e. The first-order valence-corrected chi connectivity index (χ1v) is 43.6. The Morgan fingerprint density at radius 1 is 0.250 bits per heavy atom. The summed E-state index contributed by atoms with van der Waals surface area (Å²) >= 11 is -0.597. The van der Waals surface area contributed by atoms with E-state index < -0.39 is 10.8 Å². The van der Waals surface area contributed by atoms with Gasteiger partial charge in [0.15, 0.2) is 0 Å². The summed E-state index contributed by atoms with van der Waals surface area (Å²) in [5.41, 5.74) is 8.62. The fraction of sp³-hybridized carbons (Fsp3) is 0.786. The molecular weight excluding hydrogens is 1260 g/mol. The van der Waals surface area contributed by atoms with Crippen LogP contribution in [0.25, 0.3) is 44.3 Å². The van der Waals surface area contributed by atoms with Crippen LogP contribution in [0.2, 0.25) is 0 Å². The zero-order valence-electron chi connectivity index (χ0n) is 60.1. The molecule has 3 aromatic carbocycles. The molecule has 0 saturated carbocycles. The van der Waals surface area contributed by atoms with Crippen LogP contribution in [-0.4, -0.2) is 45.8 Å². The Labute approximate surface area is 577 Å². The average molecular weight is 1400 g/mol. The number of hydrogen-bond acceptors (Lipinski definition) is 4. The molecule has 92 heavy (non-hydrogen) atoms. The van der Waals surface area contributed by atoms with Gasteiger partial charge in [0.25, 0.3) is 0 Å². The average Bonchev–Trinajstić information content (AvgIpc) is 1.50. The number of rotatable bonds is 60. The molecule has 0 N–H and O–H groups in total. The van der Waals surface area contributed by atoms with E-state index in [0.717, 1.165) is 121 Å². The Morgan fingerprint density at radius 2 is 0.446 bits per heavy atom. The van der Waals surface area contributed by atoms with Crippen LogP contribution in [-0.2, 0) is 10.8 Å². The summed E-state index contributed by atoms with van der Waals surface area (Å²) in [4.78, 5) is 0.